The summed E-state index contributed by atoms with van der Waals surface area (Å²) in [4.78, 5) is 0. The maximum absolute atomic E-state index is 13.6. The Morgan fingerprint density at radius 1 is 1.50 bits per heavy atom. The largest absolute Gasteiger partial charge is 0.380 e. The zero-order valence-corrected chi connectivity index (χ0v) is 9.63. The summed E-state index contributed by atoms with van der Waals surface area (Å²) in [7, 11) is 1.58. The molecule has 1 fully saturated rings. The monoisotopic (exact) mass is 223 g/mol. The Morgan fingerprint density at radius 3 is 3.00 bits per heavy atom. The Kier molecular flexibility index (Phi) is 3.91. The van der Waals surface area contributed by atoms with Crippen molar-refractivity contribution in [3.8, 4) is 0 Å². The quantitative estimate of drug-likeness (QED) is 0.844. The highest BCUT2D eigenvalue weighted by atomic mass is 19.1. The topological polar surface area (TPSA) is 21.3 Å². The van der Waals surface area contributed by atoms with E-state index in [9.17, 15) is 4.39 Å². The summed E-state index contributed by atoms with van der Waals surface area (Å²) in [5, 5.41) is 3.33. The Morgan fingerprint density at radius 2 is 2.38 bits per heavy atom. The first-order chi connectivity index (χ1) is 7.79. The first kappa shape index (κ1) is 11.6. The predicted octanol–water partition coefficient (Wildman–Crippen LogP) is 2.12. The first-order valence-electron chi connectivity index (χ1n) is 5.76. The summed E-state index contributed by atoms with van der Waals surface area (Å²) < 4.78 is 18.5. The zero-order valence-electron chi connectivity index (χ0n) is 9.63. The lowest BCUT2D eigenvalue weighted by Crippen LogP contribution is -2.11. The minimum atomic E-state index is -0.148. The minimum absolute atomic E-state index is 0.148. The van der Waals surface area contributed by atoms with Crippen LogP contribution >= 0.6 is 0 Å². The van der Waals surface area contributed by atoms with Gasteiger partial charge in [-0.15, -0.1) is 0 Å². The first-order valence-corrected chi connectivity index (χ1v) is 5.76. The van der Waals surface area contributed by atoms with Gasteiger partial charge in [0.15, 0.2) is 0 Å². The van der Waals surface area contributed by atoms with Crippen LogP contribution in [0.25, 0.3) is 0 Å². The molecule has 0 amide bonds. The van der Waals surface area contributed by atoms with Gasteiger partial charge in [-0.05, 0) is 43.5 Å². The van der Waals surface area contributed by atoms with Crippen molar-refractivity contribution in [3.63, 3.8) is 0 Å². The van der Waals surface area contributed by atoms with E-state index < -0.39 is 0 Å². The molecular formula is C13H18FNO. The van der Waals surface area contributed by atoms with E-state index in [1.54, 1.807) is 13.2 Å². The minimum Gasteiger partial charge on any atom is -0.380 e. The molecule has 0 aliphatic carbocycles. The van der Waals surface area contributed by atoms with E-state index in [0.717, 1.165) is 25.1 Å². The lowest BCUT2D eigenvalue weighted by atomic mass is 9.98. The van der Waals surface area contributed by atoms with Gasteiger partial charge in [-0.1, -0.05) is 12.1 Å². The molecule has 1 aromatic rings. The fourth-order valence-electron chi connectivity index (χ4n) is 2.21. The molecule has 88 valence electrons. The van der Waals surface area contributed by atoms with Crippen molar-refractivity contribution in [2.45, 2.75) is 19.4 Å². The normalized spacial score (nSPS) is 20.2. The highest BCUT2D eigenvalue weighted by molar-refractivity contribution is 5.24. The Bertz CT molecular complexity index is 348. The van der Waals surface area contributed by atoms with Gasteiger partial charge in [-0.2, -0.15) is 0 Å². The van der Waals surface area contributed by atoms with Crippen LogP contribution in [0.2, 0.25) is 0 Å². The van der Waals surface area contributed by atoms with E-state index in [-0.39, 0.29) is 5.82 Å². The lowest BCUT2D eigenvalue weighted by molar-refractivity contribution is 0.181. The number of nitrogens with one attached hydrogen (secondary N) is 1. The fourth-order valence-corrected chi connectivity index (χ4v) is 2.21. The molecule has 16 heavy (non-hydrogen) atoms. The van der Waals surface area contributed by atoms with Crippen LogP contribution in [0.4, 0.5) is 4.39 Å². The van der Waals surface area contributed by atoms with E-state index in [0.29, 0.717) is 18.1 Å². The van der Waals surface area contributed by atoms with Crippen molar-refractivity contribution >= 4 is 0 Å². The maximum atomic E-state index is 13.6. The lowest BCUT2D eigenvalue weighted by Gasteiger charge is -2.09. The Labute approximate surface area is 95.8 Å². The van der Waals surface area contributed by atoms with Gasteiger partial charge in [-0.25, -0.2) is 4.39 Å². The smallest absolute Gasteiger partial charge is 0.128 e. The van der Waals surface area contributed by atoms with E-state index >= 15 is 0 Å². The summed E-state index contributed by atoms with van der Waals surface area (Å²) in [6.07, 6.45) is 2.17. The second-order valence-electron chi connectivity index (χ2n) is 4.42. The zero-order chi connectivity index (χ0) is 11.4. The highest BCUT2D eigenvalue weighted by Crippen LogP contribution is 2.18. The van der Waals surface area contributed by atoms with Crippen molar-refractivity contribution in [2.24, 2.45) is 5.92 Å². The van der Waals surface area contributed by atoms with Crippen LogP contribution in [-0.2, 0) is 17.8 Å². The van der Waals surface area contributed by atoms with Crippen molar-refractivity contribution in [3.05, 3.63) is 35.1 Å². The second kappa shape index (κ2) is 5.41. The number of hydrogen-bond acceptors (Lipinski definition) is 2. The summed E-state index contributed by atoms with van der Waals surface area (Å²) in [5.41, 5.74) is 1.72. The molecule has 0 bridgehead atoms. The van der Waals surface area contributed by atoms with Gasteiger partial charge < -0.3 is 10.1 Å². The molecule has 0 saturated carbocycles. The van der Waals surface area contributed by atoms with Gasteiger partial charge in [0.2, 0.25) is 0 Å². The SMILES string of the molecule is COCc1ccc(CC2CCNC2)cc1F. The Balaban J connectivity index is 2.02. The van der Waals surface area contributed by atoms with Crippen molar-refractivity contribution < 1.29 is 9.13 Å². The molecule has 0 aromatic heterocycles. The number of halogens is 1. The highest BCUT2D eigenvalue weighted by Gasteiger charge is 2.15. The van der Waals surface area contributed by atoms with Gasteiger partial charge >= 0.3 is 0 Å². The molecule has 1 aliphatic rings. The molecule has 1 unspecified atom stereocenters. The molecule has 1 atom stereocenters. The van der Waals surface area contributed by atoms with Gasteiger partial charge in [0, 0.05) is 12.7 Å². The Hall–Kier alpha value is -0.930. The van der Waals surface area contributed by atoms with Gasteiger partial charge in [0.25, 0.3) is 0 Å². The molecule has 1 N–H and O–H groups in total. The van der Waals surface area contributed by atoms with Crippen molar-refractivity contribution in [1.82, 2.24) is 5.32 Å². The van der Waals surface area contributed by atoms with E-state index in [1.807, 2.05) is 12.1 Å². The molecule has 1 heterocycles. The molecule has 3 heteroatoms. The number of benzene rings is 1. The fraction of sp³-hybridized carbons (Fsp3) is 0.538. The summed E-state index contributed by atoms with van der Waals surface area (Å²) in [6.45, 7) is 2.49. The number of methoxy groups -OCH3 is 1. The van der Waals surface area contributed by atoms with Crippen LogP contribution in [0.3, 0.4) is 0 Å². The van der Waals surface area contributed by atoms with E-state index in [4.69, 9.17) is 4.74 Å². The summed E-state index contributed by atoms with van der Waals surface area (Å²) >= 11 is 0. The van der Waals surface area contributed by atoms with Crippen LogP contribution in [-0.4, -0.2) is 20.2 Å². The molecule has 2 rings (SSSR count). The van der Waals surface area contributed by atoms with Gasteiger partial charge in [-0.3, -0.25) is 0 Å². The average molecular weight is 223 g/mol. The predicted molar refractivity (Wildman–Crippen MR) is 61.8 cm³/mol. The van der Waals surface area contributed by atoms with Crippen molar-refractivity contribution in [1.29, 1.82) is 0 Å². The third-order valence-electron chi connectivity index (χ3n) is 3.10. The summed E-state index contributed by atoms with van der Waals surface area (Å²) in [5.74, 6) is 0.512. The summed E-state index contributed by atoms with van der Waals surface area (Å²) in [6, 6.07) is 5.49. The van der Waals surface area contributed by atoms with Crippen LogP contribution in [0.1, 0.15) is 17.5 Å². The van der Waals surface area contributed by atoms with Crippen LogP contribution in [0, 0.1) is 11.7 Å². The van der Waals surface area contributed by atoms with E-state index in [1.165, 1.54) is 6.42 Å². The molecule has 1 aliphatic heterocycles. The van der Waals surface area contributed by atoms with Crippen molar-refractivity contribution in [2.75, 3.05) is 20.2 Å². The molecule has 0 spiro atoms. The number of hydrogen-bond donors (Lipinski definition) is 1. The third kappa shape index (κ3) is 2.80. The molecule has 1 saturated heterocycles. The van der Waals surface area contributed by atoms with Gasteiger partial charge in [0.1, 0.15) is 5.82 Å². The molecule has 0 radical (unpaired) electrons. The second-order valence-corrected chi connectivity index (χ2v) is 4.42. The van der Waals surface area contributed by atoms with Crippen LogP contribution in [0.5, 0.6) is 0 Å². The molecule has 2 nitrogen and oxygen atoms in total. The third-order valence-corrected chi connectivity index (χ3v) is 3.10. The molecule has 1 aromatic carbocycles. The van der Waals surface area contributed by atoms with E-state index in [2.05, 4.69) is 5.32 Å². The maximum Gasteiger partial charge on any atom is 0.128 e. The number of rotatable bonds is 4. The van der Waals surface area contributed by atoms with Crippen LogP contribution in [0.15, 0.2) is 18.2 Å². The standard InChI is InChI=1S/C13H18FNO/c1-16-9-12-3-2-10(7-13(12)14)6-11-4-5-15-8-11/h2-3,7,11,15H,4-6,8-9H2,1H3. The average Bonchev–Trinajstić information content (AvgIpc) is 2.75. The molecular weight excluding hydrogens is 205 g/mol. The number of ether oxygens (including phenoxy) is 1. The van der Waals surface area contributed by atoms with Gasteiger partial charge in [0.05, 0.1) is 6.61 Å². The van der Waals surface area contributed by atoms with Crippen LogP contribution < -0.4 is 5.32 Å².